The van der Waals surface area contributed by atoms with Crippen LogP contribution in [0.3, 0.4) is 0 Å². The molecule has 3 aliphatic rings. The topological polar surface area (TPSA) is 152 Å². The Morgan fingerprint density at radius 1 is 1.17 bits per heavy atom. The van der Waals surface area contributed by atoms with Crippen LogP contribution in [0.5, 0.6) is 11.5 Å². The van der Waals surface area contributed by atoms with Gasteiger partial charge in [0.25, 0.3) is 5.56 Å². The van der Waals surface area contributed by atoms with E-state index in [0.29, 0.717) is 62.9 Å². The zero-order valence-electron chi connectivity index (χ0n) is 19.8. The first kappa shape index (κ1) is 23.6. The van der Waals surface area contributed by atoms with Crippen LogP contribution in [0, 0.1) is 5.92 Å². The summed E-state index contributed by atoms with van der Waals surface area (Å²) in [5.41, 5.74) is 0.0712. The van der Waals surface area contributed by atoms with Crippen LogP contribution in [0.15, 0.2) is 23.0 Å². The Morgan fingerprint density at radius 3 is 2.67 bits per heavy atom. The minimum Gasteiger partial charge on any atom is -0.486 e. The molecule has 3 N–H and O–H groups in total. The number of nitrogens with zero attached hydrogens (tertiary/aromatic N) is 2. The number of anilines is 3. The van der Waals surface area contributed by atoms with E-state index in [2.05, 4.69) is 20.6 Å². The van der Waals surface area contributed by atoms with E-state index >= 15 is 0 Å². The Labute approximate surface area is 206 Å². The van der Waals surface area contributed by atoms with Crippen LogP contribution in [-0.4, -0.2) is 60.7 Å². The monoisotopic (exact) mass is 497 g/mol. The SMILES string of the molecule is CCOC(=O)C1CCN(c2nc3c(c(=O)[nH]2)[C@@H](C(=O)Nc2ccc4c(c2)OCCO4)CC(=O)N3)CC1. The molecule has 1 atom stereocenters. The molecule has 0 unspecified atom stereocenters. The maximum atomic E-state index is 13.1. The number of aromatic nitrogens is 2. The Morgan fingerprint density at radius 2 is 1.92 bits per heavy atom. The number of amides is 2. The quantitative estimate of drug-likeness (QED) is 0.520. The first-order valence-electron chi connectivity index (χ1n) is 12.0. The standard InChI is InChI=1S/C24H27N5O7/c1-2-34-23(33)13-5-7-29(8-6-13)24-27-20-19(22(32)28-24)15(12-18(30)26-20)21(31)25-14-3-4-16-17(11-14)36-10-9-35-16/h3-4,11,13,15H,2,5-10,12H2,1H3,(H,25,31)(H2,26,27,28,30,32)/t15-/m0/s1. The molecule has 1 aromatic carbocycles. The zero-order chi connectivity index (χ0) is 25.2. The van der Waals surface area contributed by atoms with Gasteiger partial charge in [-0.15, -0.1) is 0 Å². The number of hydrogen-bond donors (Lipinski definition) is 3. The molecule has 0 saturated carbocycles. The highest BCUT2D eigenvalue weighted by atomic mass is 16.6. The van der Waals surface area contributed by atoms with Gasteiger partial charge in [-0.1, -0.05) is 0 Å². The molecule has 3 aliphatic heterocycles. The number of rotatable bonds is 5. The van der Waals surface area contributed by atoms with Gasteiger partial charge in [-0.25, -0.2) is 0 Å². The third kappa shape index (κ3) is 4.70. The molecule has 0 radical (unpaired) electrons. The first-order valence-corrected chi connectivity index (χ1v) is 12.0. The van der Waals surface area contributed by atoms with E-state index in [1.807, 2.05) is 4.90 Å². The number of carbonyl (C=O) groups excluding carboxylic acids is 3. The van der Waals surface area contributed by atoms with E-state index in [1.165, 1.54) is 0 Å². The highest BCUT2D eigenvalue weighted by molar-refractivity contribution is 6.04. The van der Waals surface area contributed by atoms with Crippen molar-refractivity contribution in [2.45, 2.75) is 32.1 Å². The number of carbonyl (C=O) groups is 3. The third-order valence-electron chi connectivity index (χ3n) is 6.48. The van der Waals surface area contributed by atoms with Crippen molar-refractivity contribution in [1.29, 1.82) is 0 Å². The summed E-state index contributed by atoms with van der Waals surface area (Å²) in [6, 6.07) is 5.00. The molecule has 5 rings (SSSR count). The maximum Gasteiger partial charge on any atom is 0.309 e. The van der Waals surface area contributed by atoms with Gasteiger partial charge in [-0.2, -0.15) is 4.98 Å². The molecule has 4 heterocycles. The van der Waals surface area contributed by atoms with Crippen molar-refractivity contribution >= 4 is 35.2 Å². The molecule has 12 nitrogen and oxygen atoms in total. The fourth-order valence-electron chi connectivity index (χ4n) is 4.67. The highest BCUT2D eigenvalue weighted by Crippen LogP contribution is 2.34. The molecule has 0 spiro atoms. The van der Waals surface area contributed by atoms with Crippen molar-refractivity contribution < 1.29 is 28.6 Å². The van der Waals surface area contributed by atoms with Gasteiger partial charge < -0.3 is 29.7 Å². The number of piperidine rings is 1. The molecule has 12 heteroatoms. The minimum absolute atomic E-state index is 0.0693. The number of esters is 1. The van der Waals surface area contributed by atoms with Gasteiger partial charge in [0, 0.05) is 31.3 Å². The number of H-pyrrole nitrogens is 1. The molecule has 2 aromatic rings. The van der Waals surface area contributed by atoms with E-state index in [1.54, 1.807) is 25.1 Å². The van der Waals surface area contributed by atoms with Crippen LogP contribution in [-0.2, 0) is 19.1 Å². The highest BCUT2D eigenvalue weighted by Gasteiger charge is 2.36. The number of ether oxygens (including phenoxy) is 3. The molecule has 1 fully saturated rings. The van der Waals surface area contributed by atoms with E-state index in [4.69, 9.17) is 14.2 Å². The second-order valence-corrected chi connectivity index (χ2v) is 8.82. The fraction of sp³-hybridized carbons (Fsp3) is 0.458. The molecular formula is C24H27N5O7. The molecule has 190 valence electrons. The maximum absolute atomic E-state index is 13.1. The summed E-state index contributed by atoms with van der Waals surface area (Å²) in [5.74, 6) is -0.885. The summed E-state index contributed by atoms with van der Waals surface area (Å²) in [6.45, 7) is 3.95. The third-order valence-corrected chi connectivity index (χ3v) is 6.48. The molecule has 1 saturated heterocycles. The van der Waals surface area contributed by atoms with Crippen molar-refractivity contribution in [2.24, 2.45) is 5.92 Å². The summed E-state index contributed by atoms with van der Waals surface area (Å²) >= 11 is 0. The normalized spacial score (nSPS) is 19.2. The number of fused-ring (bicyclic) bond motifs is 2. The van der Waals surface area contributed by atoms with E-state index in [0.717, 1.165) is 0 Å². The average Bonchev–Trinajstić information content (AvgIpc) is 2.88. The van der Waals surface area contributed by atoms with Crippen molar-refractivity contribution in [3.63, 3.8) is 0 Å². The number of aromatic amines is 1. The largest absolute Gasteiger partial charge is 0.486 e. The molecular weight excluding hydrogens is 470 g/mol. The lowest BCUT2D eigenvalue weighted by atomic mass is 9.92. The van der Waals surface area contributed by atoms with Gasteiger partial charge in [-0.05, 0) is 31.9 Å². The average molecular weight is 498 g/mol. The zero-order valence-corrected chi connectivity index (χ0v) is 19.8. The van der Waals surface area contributed by atoms with Crippen molar-refractivity contribution in [1.82, 2.24) is 9.97 Å². The number of benzene rings is 1. The number of nitrogens with one attached hydrogen (secondary N) is 3. The van der Waals surface area contributed by atoms with E-state index in [-0.39, 0.29) is 35.6 Å². The fourth-order valence-corrected chi connectivity index (χ4v) is 4.67. The van der Waals surface area contributed by atoms with Crippen LogP contribution >= 0.6 is 0 Å². The van der Waals surface area contributed by atoms with Crippen LogP contribution in [0.2, 0.25) is 0 Å². The van der Waals surface area contributed by atoms with Crippen LogP contribution < -0.4 is 30.6 Å². The summed E-state index contributed by atoms with van der Waals surface area (Å²) in [4.78, 5) is 59.7. The lowest BCUT2D eigenvalue weighted by molar-refractivity contribution is -0.148. The summed E-state index contributed by atoms with van der Waals surface area (Å²) < 4.78 is 16.1. The summed E-state index contributed by atoms with van der Waals surface area (Å²) in [5, 5.41) is 5.39. The molecule has 36 heavy (non-hydrogen) atoms. The van der Waals surface area contributed by atoms with Crippen LogP contribution in [0.4, 0.5) is 17.5 Å². The smallest absolute Gasteiger partial charge is 0.309 e. The van der Waals surface area contributed by atoms with E-state index < -0.39 is 23.3 Å². The molecule has 1 aromatic heterocycles. The van der Waals surface area contributed by atoms with Crippen LogP contribution in [0.25, 0.3) is 0 Å². The van der Waals surface area contributed by atoms with Gasteiger partial charge in [0.1, 0.15) is 19.0 Å². The Bertz CT molecular complexity index is 1250. The van der Waals surface area contributed by atoms with E-state index in [9.17, 15) is 19.2 Å². The lowest BCUT2D eigenvalue weighted by Crippen LogP contribution is -2.41. The predicted octanol–water partition coefficient (Wildman–Crippen LogP) is 1.39. The predicted molar refractivity (Wildman–Crippen MR) is 128 cm³/mol. The van der Waals surface area contributed by atoms with Gasteiger partial charge in [0.05, 0.1) is 24.0 Å². The van der Waals surface area contributed by atoms with Gasteiger partial charge in [-0.3, -0.25) is 24.2 Å². The summed E-state index contributed by atoms with van der Waals surface area (Å²) in [7, 11) is 0. The van der Waals surface area contributed by atoms with Crippen molar-refractivity contribution in [2.75, 3.05) is 48.4 Å². The minimum atomic E-state index is -1.01. The Balaban J connectivity index is 1.34. The lowest BCUT2D eigenvalue weighted by Gasteiger charge is -2.32. The van der Waals surface area contributed by atoms with Gasteiger partial charge in [0.2, 0.25) is 17.8 Å². The summed E-state index contributed by atoms with van der Waals surface area (Å²) in [6.07, 6.45) is 0.942. The number of hydrogen-bond acceptors (Lipinski definition) is 9. The van der Waals surface area contributed by atoms with Gasteiger partial charge >= 0.3 is 5.97 Å². The van der Waals surface area contributed by atoms with Crippen molar-refractivity contribution in [3.8, 4) is 11.5 Å². The van der Waals surface area contributed by atoms with Crippen molar-refractivity contribution in [3.05, 3.63) is 34.1 Å². The molecule has 0 bridgehead atoms. The van der Waals surface area contributed by atoms with Crippen LogP contribution in [0.1, 0.15) is 37.7 Å². The Hall–Kier alpha value is -4.09. The molecule has 0 aliphatic carbocycles. The second kappa shape index (κ2) is 9.88. The van der Waals surface area contributed by atoms with Gasteiger partial charge in [0.15, 0.2) is 11.5 Å². The molecule has 2 amide bonds. The first-order chi connectivity index (χ1) is 17.4. The Kier molecular flexibility index (Phi) is 6.49. The second-order valence-electron chi connectivity index (χ2n) is 8.82.